The molecule has 1 unspecified atom stereocenters. The van der Waals surface area contributed by atoms with Crippen molar-refractivity contribution in [2.75, 3.05) is 26.9 Å². The molecule has 2 rings (SSSR count). The normalized spacial score (nSPS) is 18.4. The quantitative estimate of drug-likeness (QED) is 0.828. The third kappa shape index (κ3) is 4.73. The van der Waals surface area contributed by atoms with Crippen molar-refractivity contribution in [1.82, 2.24) is 5.32 Å². The molecule has 140 valence electrons. The number of benzene rings is 1. The fourth-order valence-electron chi connectivity index (χ4n) is 3.20. The van der Waals surface area contributed by atoms with E-state index in [4.69, 9.17) is 9.47 Å². The summed E-state index contributed by atoms with van der Waals surface area (Å²) in [6, 6.07) is 7.72. The van der Waals surface area contributed by atoms with Gasteiger partial charge in [-0.3, -0.25) is 4.79 Å². The van der Waals surface area contributed by atoms with Gasteiger partial charge in [-0.25, -0.2) is 0 Å². The molecule has 1 amide bonds. The number of rotatable bonds is 6. The molecule has 0 bridgehead atoms. The number of hydrogen-bond donors (Lipinski definition) is 2. The molecule has 1 aliphatic heterocycles. The Morgan fingerprint density at radius 3 is 2.40 bits per heavy atom. The third-order valence-corrected chi connectivity index (χ3v) is 5.13. The molecule has 25 heavy (non-hydrogen) atoms. The van der Waals surface area contributed by atoms with Crippen molar-refractivity contribution < 1.29 is 19.4 Å². The highest BCUT2D eigenvalue weighted by molar-refractivity contribution is 5.88. The Kier molecular flexibility index (Phi) is 6.47. The van der Waals surface area contributed by atoms with E-state index in [1.165, 1.54) is 0 Å². The molecule has 0 aromatic heterocycles. The number of ether oxygens (including phenoxy) is 2. The maximum atomic E-state index is 13.0. The first-order valence-electron chi connectivity index (χ1n) is 8.98. The van der Waals surface area contributed by atoms with Crippen LogP contribution >= 0.6 is 0 Å². The van der Waals surface area contributed by atoms with Gasteiger partial charge in [-0.05, 0) is 42.4 Å². The molecule has 0 saturated carbocycles. The number of carbonyl (C=O) groups is 1. The number of aliphatic hydroxyl groups excluding tert-OH is 1. The number of nitrogens with one attached hydrogen (secondary N) is 1. The second-order valence-corrected chi connectivity index (χ2v) is 7.85. The lowest BCUT2D eigenvalue weighted by molar-refractivity contribution is -0.130. The summed E-state index contributed by atoms with van der Waals surface area (Å²) in [5, 5.41) is 13.2. The molecular formula is C20H31NO4. The average molecular weight is 349 g/mol. The fraction of sp³-hybridized carbons (Fsp3) is 0.650. The van der Waals surface area contributed by atoms with Crippen molar-refractivity contribution in [3.05, 3.63) is 29.8 Å². The van der Waals surface area contributed by atoms with Gasteiger partial charge in [0.2, 0.25) is 5.91 Å². The third-order valence-electron chi connectivity index (χ3n) is 5.13. The number of amides is 1. The van der Waals surface area contributed by atoms with Gasteiger partial charge >= 0.3 is 0 Å². The maximum Gasteiger partial charge on any atom is 0.230 e. The van der Waals surface area contributed by atoms with E-state index in [-0.39, 0.29) is 11.3 Å². The summed E-state index contributed by atoms with van der Waals surface area (Å²) in [7, 11) is 1.63. The van der Waals surface area contributed by atoms with Gasteiger partial charge < -0.3 is 19.9 Å². The molecule has 1 fully saturated rings. The molecule has 5 heteroatoms. The monoisotopic (exact) mass is 349 g/mol. The Morgan fingerprint density at radius 1 is 1.28 bits per heavy atom. The van der Waals surface area contributed by atoms with Crippen molar-refractivity contribution in [2.24, 2.45) is 5.41 Å². The predicted octanol–water partition coefficient (Wildman–Crippen LogP) is 2.66. The van der Waals surface area contributed by atoms with E-state index >= 15 is 0 Å². The highest BCUT2D eigenvalue weighted by Crippen LogP contribution is 2.36. The van der Waals surface area contributed by atoms with Crippen molar-refractivity contribution in [1.29, 1.82) is 0 Å². The van der Waals surface area contributed by atoms with Crippen LogP contribution in [-0.2, 0) is 14.9 Å². The van der Waals surface area contributed by atoms with Crippen molar-refractivity contribution in [2.45, 2.75) is 51.6 Å². The minimum atomic E-state index is -0.572. The number of hydrogen-bond acceptors (Lipinski definition) is 4. The van der Waals surface area contributed by atoms with Crippen LogP contribution in [0.15, 0.2) is 24.3 Å². The highest BCUT2D eigenvalue weighted by atomic mass is 16.5. The Labute approximate surface area is 150 Å². The topological polar surface area (TPSA) is 67.8 Å². The van der Waals surface area contributed by atoms with Gasteiger partial charge in [0.05, 0.1) is 18.6 Å². The van der Waals surface area contributed by atoms with Gasteiger partial charge in [-0.1, -0.05) is 32.9 Å². The standard InChI is InChI=1S/C20H31NO4/c1-19(2,3)17(22)9-12-21-18(23)20(10-13-25-14-11-20)15-5-7-16(24-4)8-6-15/h5-8,17,22H,9-14H2,1-4H3,(H,21,23). The molecular weight excluding hydrogens is 318 g/mol. The van der Waals surface area contributed by atoms with Crippen LogP contribution in [0.25, 0.3) is 0 Å². The first-order valence-corrected chi connectivity index (χ1v) is 8.98. The molecule has 1 aliphatic rings. The van der Waals surface area contributed by atoms with E-state index < -0.39 is 11.5 Å². The zero-order chi connectivity index (χ0) is 18.5. The average Bonchev–Trinajstić information content (AvgIpc) is 2.61. The van der Waals surface area contributed by atoms with E-state index in [1.807, 2.05) is 45.0 Å². The molecule has 0 spiro atoms. The van der Waals surface area contributed by atoms with E-state index in [0.717, 1.165) is 11.3 Å². The van der Waals surface area contributed by atoms with E-state index in [2.05, 4.69) is 5.32 Å². The van der Waals surface area contributed by atoms with E-state index in [9.17, 15) is 9.90 Å². The van der Waals surface area contributed by atoms with Crippen molar-refractivity contribution in [3.63, 3.8) is 0 Å². The summed E-state index contributed by atoms with van der Waals surface area (Å²) in [6.07, 6.45) is 1.42. The minimum Gasteiger partial charge on any atom is -0.497 e. The lowest BCUT2D eigenvalue weighted by Crippen LogP contribution is -2.48. The molecule has 1 aromatic carbocycles. The van der Waals surface area contributed by atoms with Gasteiger partial charge in [0.15, 0.2) is 0 Å². The van der Waals surface area contributed by atoms with Crippen molar-refractivity contribution >= 4 is 5.91 Å². The van der Waals surface area contributed by atoms with Crippen molar-refractivity contribution in [3.8, 4) is 5.75 Å². The molecule has 1 atom stereocenters. The van der Waals surface area contributed by atoms with Crippen LogP contribution in [0.4, 0.5) is 0 Å². The number of aliphatic hydroxyl groups is 1. The Morgan fingerprint density at radius 2 is 1.88 bits per heavy atom. The molecule has 5 nitrogen and oxygen atoms in total. The molecule has 2 N–H and O–H groups in total. The number of carbonyl (C=O) groups excluding carboxylic acids is 1. The molecule has 1 aromatic rings. The summed E-state index contributed by atoms with van der Waals surface area (Å²) in [5.74, 6) is 0.793. The van der Waals surface area contributed by atoms with Crippen LogP contribution in [0.5, 0.6) is 5.75 Å². The largest absolute Gasteiger partial charge is 0.497 e. The van der Waals surface area contributed by atoms with Crippen LogP contribution in [0.3, 0.4) is 0 Å². The van der Waals surface area contributed by atoms with Gasteiger partial charge in [0, 0.05) is 19.8 Å². The van der Waals surface area contributed by atoms with Gasteiger partial charge in [-0.2, -0.15) is 0 Å². The van der Waals surface area contributed by atoms with Gasteiger partial charge in [0.25, 0.3) is 0 Å². The Balaban J connectivity index is 2.09. The Hall–Kier alpha value is -1.59. The molecule has 1 saturated heterocycles. The number of methoxy groups -OCH3 is 1. The molecule has 0 aliphatic carbocycles. The lowest BCUT2D eigenvalue weighted by Gasteiger charge is -2.36. The lowest BCUT2D eigenvalue weighted by atomic mass is 9.73. The SMILES string of the molecule is COc1ccc(C2(C(=O)NCCC(O)C(C)(C)C)CCOCC2)cc1. The van der Waals surface area contributed by atoms with Crippen LogP contribution in [0, 0.1) is 5.41 Å². The smallest absolute Gasteiger partial charge is 0.230 e. The predicted molar refractivity (Wildman–Crippen MR) is 97.8 cm³/mol. The molecule has 1 heterocycles. The minimum absolute atomic E-state index is 0.0158. The van der Waals surface area contributed by atoms with Crippen LogP contribution < -0.4 is 10.1 Å². The molecule has 0 radical (unpaired) electrons. The summed E-state index contributed by atoms with van der Waals surface area (Å²) in [4.78, 5) is 13.0. The second-order valence-electron chi connectivity index (χ2n) is 7.85. The van der Waals surface area contributed by atoms with E-state index in [0.29, 0.717) is 39.0 Å². The Bertz CT molecular complexity index is 556. The van der Waals surface area contributed by atoms with Gasteiger partial charge in [-0.15, -0.1) is 0 Å². The summed E-state index contributed by atoms with van der Waals surface area (Å²) < 4.78 is 10.7. The zero-order valence-electron chi connectivity index (χ0n) is 15.8. The first kappa shape index (κ1) is 19.7. The van der Waals surface area contributed by atoms with E-state index in [1.54, 1.807) is 7.11 Å². The maximum absolute atomic E-state index is 13.0. The van der Waals surface area contributed by atoms with Crippen LogP contribution in [0.2, 0.25) is 0 Å². The zero-order valence-corrected chi connectivity index (χ0v) is 15.8. The van der Waals surface area contributed by atoms with Crippen LogP contribution in [-0.4, -0.2) is 44.0 Å². The second kappa shape index (κ2) is 8.19. The first-order chi connectivity index (χ1) is 11.8. The van der Waals surface area contributed by atoms with Crippen LogP contribution in [0.1, 0.15) is 45.6 Å². The van der Waals surface area contributed by atoms with Gasteiger partial charge in [0.1, 0.15) is 5.75 Å². The highest BCUT2D eigenvalue weighted by Gasteiger charge is 2.41. The summed E-state index contributed by atoms with van der Waals surface area (Å²) >= 11 is 0. The summed E-state index contributed by atoms with van der Waals surface area (Å²) in [6.45, 7) is 7.61. The summed E-state index contributed by atoms with van der Waals surface area (Å²) in [5.41, 5.74) is 0.236. The fourth-order valence-corrected chi connectivity index (χ4v) is 3.20.